The number of anilines is 1. The normalized spacial score (nSPS) is 11.7. The van der Waals surface area contributed by atoms with Gasteiger partial charge in [0, 0.05) is 26.1 Å². The number of rotatable bonds is 13. The molecular weight excluding hydrogens is 566 g/mol. The number of hydrogen-bond donors (Lipinski definition) is 1. The third-order valence-electron chi connectivity index (χ3n) is 6.96. The average molecular weight is 602 g/mol. The molecule has 0 saturated carbocycles. The predicted molar refractivity (Wildman–Crippen MR) is 166 cm³/mol. The van der Waals surface area contributed by atoms with Gasteiger partial charge in [-0.15, -0.1) is 0 Å². The fourth-order valence-electron chi connectivity index (χ4n) is 4.70. The average Bonchev–Trinajstić information content (AvgIpc) is 3.05. The van der Waals surface area contributed by atoms with E-state index in [9.17, 15) is 18.0 Å². The van der Waals surface area contributed by atoms with Crippen LogP contribution < -0.4 is 19.1 Å². The predicted octanol–water partition coefficient (Wildman–Crippen LogP) is 4.29. The van der Waals surface area contributed by atoms with Crippen molar-refractivity contribution in [2.75, 3.05) is 32.1 Å². The van der Waals surface area contributed by atoms with E-state index in [1.54, 1.807) is 67.8 Å². The van der Waals surface area contributed by atoms with Gasteiger partial charge in [-0.05, 0) is 47.5 Å². The Morgan fingerprint density at radius 1 is 0.767 bits per heavy atom. The van der Waals surface area contributed by atoms with Gasteiger partial charge >= 0.3 is 0 Å². The summed E-state index contributed by atoms with van der Waals surface area (Å²) in [4.78, 5) is 29.2. The van der Waals surface area contributed by atoms with Gasteiger partial charge in [0.25, 0.3) is 10.0 Å². The summed E-state index contributed by atoms with van der Waals surface area (Å²) in [5, 5.41) is 2.68. The van der Waals surface area contributed by atoms with Crippen LogP contribution in [-0.2, 0) is 32.6 Å². The lowest BCUT2D eigenvalue weighted by atomic mass is 10.0. The Balaban J connectivity index is 1.80. The van der Waals surface area contributed by atoms with Crippen molar-refractivity contribution in [3.63, 3.8) is 0 Å². The zero-order valence-electron chi connectivity index (χ0n) is 24.3. The summed E-state index contributed by atoms with van der Waals surface area (Å²) in [6.07, 6.45) is 0.223. The van der Waals surface area contributed by atoms with Crippen LogP contribution in [0.3, 0.4) is 0 Å². The van der Waals surface area contributed by atoms with E-state index < -0.39 is 28.5 Å². The molecule has 0 aliphatic rings. The first kappa shape index (κ1) is 31.1. The van der Waals surface area contributed by atoms with Gasteiger partial charge in [-0.1, -0.05) is 66.7 Å². The summed E-state index contributed by atoms with van der Waals surface area (Å²) in [6.45, 7) is -0.519. The number of carbonyl (C=O) groups excluding carboxylic acids is 2. The van der Waals surface area contributed by atoms with Crippen LogP contribution in [-0.4, -0.2) is 59.0 Å². The second-order valence-electron chi connectivity index (χ2n) is 9.72. The summed E-state index contributed by atoms with van der Waals surface area (Å²) in [5.74, 6) is 0.0847. The van der Waals surface area contributed by atoms with Crippen molar-refractivity contribution in [3.05, 3.63) is 120 Å². The second-order valence-corrected chi connectivity index (χ2v) is 11.6. The Bertz CT molecular complexity index is 1630. The summed E-state index contributed by atoms with van der Waals surface area (Å²) in [6, 6.07) is 30.0. The lowest BCUT2D eigenvalue weighted by molar-refractivity contribution is -0.139. The van der Waals surface area contributed by atoms with Crippen molar-refractivity contribution < 1.29 is 27.5 Å². The molecule has 0 aliphatic carbocycles. The van der Waals surface area contributed by atoms with Crippen molar-refractivity contribution in [3.8, 4) is 11.5 Å². The number of amides is 2. The maximum absolute atomic E-state index is 14.3. The molecule has 4 rings (SSSR count). The molecule has 10 heteroatoms. The molecule has 1 unspecified atom stereocenters. The van der Waals surface area contributed by atoms with Gasteiger partial charge in [0.15, 0.2) is 0 Å². The molecule has 4 aromatic carbocycles. The first-order chi connectivity index (χ1) is 20.8. The van der Waals surface area contributed by atoms with Gasteiger partial charge in [-0.2, -0.15) is 0 Å². The minimum Gasteiger partial charge on any atom is -0.497 e. The molecule has 43 heavy (non-hydrogen) atoms. The van der Waals surface area contributed by atoms with E-state index in [-0.39, 0.29) is 29.5 Å². The van der Waals surface area contributed by atoms with E-state index >= 15 is 0 Å². The smallest absolute Gasteiger partial charge is 0.264 e. The minimum atomic E-state index is -4.19. The molecule has 224 valence electrons. The standard InChI is InChI=1S/C33H35N3O6S/c1-34-33(38)31(21-25-12-6-4-7-13-25)35(23-26-14-10-16-28(20-26)41-2)32(37)24-36(27-15-11-17-29(22-27)42-3)43(39,40)30-18-8-5-9-19-30/h4-20,22,31H,21,23-24H2,1-3H3,(H,34,38). The number of nitrogens with one attached hydrogen (secondary N) is 1. The van der Waals surface area contributed by atoms with E-state index in [0.29, 0.717) is 17.1 Å². The monoisotopic (exact) mass is 601 g/mol. The molecule has 2 amide bonds. The van der Waals surface area contributed by atoms with Crippen LogP contribution in [0.2, 0.25) is 0 Å². The number of carbonyl (C=O) groups is 2. The van der Waals surface area contributed by atoms with Gasteiger partial charge in [-0.25, -0.2) is 8.42 Å². The zero-order chi connectivity index (χ0) is 30.8. The van der Waals surface area contributed by atoms with Crippen LogP contribution in [0.4, 0.5) is 5.69 Å². The molecule has 0 fully saturated rings. The number of sulfonamides is 1. The number of ether oxygens (including phenoxy) is 2. The number of likely N-dealkylation sites (N-methyl/N-ethyl adjacent to an activating group) is 1. The fraction of sp³-hybridized carbons (Fsp3) is 0.212. The lowest BCUT2D eigenvalue weighted by Gasteiger charge is -2.33. The lowest BCUT2D eigenvalue weighted by Crippen LogP contribution is -2.53. The maximum Gasteiger partial charge on any atom is 0.264 e. The molecular formula is C33H35N3O6S. The van der Waals surface area contributed by atoms with Crippen LogP contribution >= 0.6 is 0 Å². The van der Waals surface area contributed by atoms with Crippen molar-refractivity contribution in [2.45, 2.75) is 23.9 Å². The van der Waals surface area contributed by atoms with Crippen LogP contribution in [0.25, 0.3) is 0 Å². The molecule has 4 aromatic rings. The zero-order valence-corrected chi connectivity index (χ0v) is 25.2. The Labute approximate surface area is 252 Å². The molecule has 1 atom stereocenters. The highest BCUT2D eigenvalue weighted by molar-refractivity contribution is 7.92. The second kappa shape index (κ2) is 14.4. The van der Waals surface area contributed by atoms with E-state index in [1.165, 1.54) is 31.2 Å². The summed E-state index contributed by atoms with van der Waals surface area (Å²) in [7, 11) is 0.346. The highest BCUT2D eigenvalue weighted by Gasteiger charge is 2.34. The summed E-state index contributed by atoms with van der Waals surface area (Å²) < 4.78 is 39.8. The van der Waals surface area contributed by atoms with E-state index in [2.05, 4.69) is 5.32 Å². The highest BCUT2D eigenvalue weighted by Crippen LogP contribution is 2.28. The molecule has 0 bridgehead atoms. The molecule has 0 spiro atoms. The summed E-state index contributed by atoms with van der Waals surface area (Å²) >= 11 is 0. The van der Waals surface area contributed by atoms with Crippen LogP contribution in [0, 0.1) is 0 Å². The minimum absolute atomic E-state index is 0.0251. The van der Waals surface area contributed by atoms with Gasteiger partial charge in [0.1, 0.15) is 24.1 Å². The number of benzene rings is 4. The molecule has 0 aromatic heterocycles. The van der Waals surface area contributed by atoms with Crippen molar-refractivity contribution in [1.29, 1.82) is 0 Å². The van der Waals surface area contributed by atoms with Crippen LogP contribution in [0.1, 0.15) is 11.1 Å². The Morgan fingerprint density at radius 3 is 1.98 bits per heavy atom. The van der Waals surface area contributed by atoms with Crippen molar-refractivity contribution in [1.82, 2.24) is 10.2 Å². The first-order valence-corrected chi connectivity index (χ1v) is 15.1. The number of methoxy groups -OCH3 is 2. The molecule has 0 aliphatic heterocycles. The van der Waals surface area contributed by atoms with Gasteiger partial charge in [-0.3, -0.25) is 13.9 Å². The van der Waals surface area contributed by atoms with E-state index in [1.807, 2.05) is 36.4 Å². The Kier molecular flexibility index (Phi) is 10.4. The summed E-state index contributed by atoms with van der Waals surface area (Å²) in [5.41, 5.74) is 1.81. The topological polar surface area (TPSA) is 105 Å². The fourth-order valence-corrected chi connectivity index (χ4v) is 6.13. The van der Waals surface area contributed by atoms with Gasteiger partial charge in [0.2, 0.25) is 11.8 Å². The number of nitrogens with zero attached hydrogens (tertiary/aromatic N) is 2. The number of hydrogen-bond acceptors (Lipinski definition) is 6. The Hall–Kier alpha value is -4.83. The third-order valence-corrected chi connectivity index (χ3v) is 8.74. The van der Waals surface area contributed by atoms with Crippen LogP contribution in [0.5, 0.6) is 11.5 Å². The molecule has 0 saturated heterocycles. The maximum atomic E-state index is 14.3. The largest absolute Gasteiger partial charge is 0.497 e. The quantitative estimate of drug-likeness (QED) is 0.245. The van der Waals surface area contributed by atoms with Crippen LogP contribution in [0.15, 0.2) is 114 Å². The molecule has 9 nitrogen and oxygen atoms in total. The van der Waals surface area contributed by atoms with Gasteiger partial charge < -0.3 is 19.7 Å². The van der Waals surface area contributed by atoms with E-state index in [4.69, 9.17) is 9.47 Å². The molecule has 0 heterocycles. The van der Waals surface area contributed by atoms with E-state index in [0.717, 1.165) is 9.87 Å². The Morgan fingerprint density at radius 2 is 1.35 bits per heavy atom. The first-order valence-electron chi connectivity index (χ1n) is 13.7. The van der Waals surface area contributed by atoms with Gasteiger partial charge in [0.05, 0.1) is 24.8 Å². The highest BCUT2D eigenvalue weighted by atomic mass is 32.2. The van der Waals surface area contributed by atoms with Crippen molar-refractivity contribution >= 4 is 27.5 Å². The third kappa shape index (κ3) is 7.72. The SMILES string of the molecule is CNC(=O)C(Cc1ccccc1)N(Cc1cccc(OC)c1)C(=O)CN(c1cccc(OC)c1)S(=O)(=O)c1ccccc1. The molecule has 0 radical (unpaired) electrons. The van der Waals surface area contributed by atoms with Crippen molar-refractivity contribution in [2.24, 2.45) is 0 Å². The molecule has 1 N–H and O–H groups in total.